The zero-order valence-electron chi connectivity index (χ0n) is 9.53. The monoisotopic (exact) mass is 401 g/mol. The number of rotatable bonds is 3. The summed E-state index contributed by atoms with van der Waals surface area (Å²) in [7, 11) is 0. The van der Waals surface area contributed by atoms with Gasteiger partial charge in [0, 0.05) is 26.7 Å². The van der Waals surface area contributed by atoms with Crippen molar-refractivity contribution in [1.29, 1.82) is 0 Å². The van der Waals surface area contributed by atoms with Crippen LogP contribution in [0.1, 0.15) is 21.6 Å². The Balaban J connectivity index is 2.17. The molecule has 1 aromatic heterocycles. The Kier molecular flexibility index (Phi) is 4.56. The average Bonchev–Trinajstić information content (AvgIpc) is 2.32. The van der Waals surface area contributed by atoms with Gasteiger partial charge in [0.05, 0.1) is 0 Å². The minimum Gasteiger partial charge on any atom is -0.261 e. The lowest BCUT2D eigenvalue weighted by atomic mass is 10.1. The van der Waals surface area contributed by atoms with Crippen LogP contribution in [0.5, 0.6) is 0 Å². The third-order valence-electron chi connectivity index (χ3n) is 2.70. The van der Waals surface area contributed by atoms with Crippen molar-refractivity contribution in [1.82, 2.24) is 4.98 Å². The minimum atomic E-state index is 0.325. The molecule has 1 unspecified atom stereocenters. The molecule has 2 aromatic rings. The molecule has 2 rings (SSSR count). The van der Waals surface area contributed by atoms with Crippen LogP contribution in [0.4, 0.5) is 0 Å². The molecule has 0 aliphatic rings. The van der Waals surface area contributed by atoms with Gasteiger partial charge in [0.1, 0.15) is 0 Å². The van der Waals surface area contributed by atoms with E-state index in [1.54, 1.807) is 0 Å². The number of halogens is 2. The summed E-state index contributed by atoms with van der Waals surface area (Å²) in [5.74, 6) is 0. The molecule has 0 aliphatic carbocycles. The summed E-state index contributed by atoms with van der Waals surface area (Å²) in [6.07, 6.45) is 2.78. The molecule has 1 heterocycles. The van der Waals surface area contributed by atoms with E-state index in [1.807, 2.05) is 12.3 Å². The maximum Gasteiger partial charge on any atom is 0.0451 e. The maximum atomic E-state index is 4.43. The average molecular weight is 402 g/mol. The molecular weight excluding hydrogens is 389 g/mol. The largest absolute Gasteiger partial charge is 0.261 e. The van der Waals surface area contributed by atoms with E-state index in [0.29, 0.717) is 4.83 Å². The van der Waals surface area contributed by atoms with Crippen LogP contribution in [0.3, 0.4) is 0 Å². The van der Waals surface area contributed by atoms with E-state index in [4.69, 9.17) is 0 Å². The van der Waals surface area contributed by atoms with Gasteiger partial charge in [0.25, 0.3) is 0 Å². The van der Waals surface area contributed by atoms with Crippen molar-refractivity contribution < 1.29 is 0 Å². The Hall–Kier alpha value is -0.420. The first kappa shape index (κ1) is 13.0. The second kappa shape index (κ2) is 5.96. The molecule has 1 atom stereocenters. The van der Waals surface area contributed by atoms with Crippen LogP contribution in [0.15, 0.2) is 42.6 Å². The standard InChI is InChI=1S/C14H13BrIN/c1-10-4-3-7-17-14(10)9-13(15)11-5-2-6-12(16)8-11/h2-8,13H,9H2,1H3. The van der Waals surface area contributed by atoms with Crippen molar-refractivity contribution in [3.63, 3.8) is 0 Å². The molecule has 3 heteroatoms. The Bertz CT molecular complexity index is 513. The van der Waals surface area contributed by atoms with Crippen LogP contribution in [0.25, 0.3) is 0 Å². The highest BCUT2D eigenvalue weighted by Gasteiger charge is 2.10. The Labute approximate surface area is 124 Å². The molecule has 1 aromatic carbocycles. The molecule has 0 aliphatic heterocycles. The number of alkyl halides is 1. The number of benzene rings is 1. The zero-order chi connectivity index (χ0) is 12.3. The molecule has 17 heavy (non-hydrogen) atoms. The maximum absolute atomic E-state index is 4.43. The number of aryl methyl sites for hydroxylation is 1. The van der Waals surface area contributed by atoms with Crippen molar-refractivity contribution in [2.75, 3.05) is 0 Å². The summed E-state index contributed by atoms with van der Waals surface area (Å²) in [6, 6.07) is 12.6. The fraction of sp³-hybridized carbons (Fsp3) is 0.214. The van der Waals surface area contributed by atoms with Crippen LogP contribution in [0.2, 0.25) is 0 Å². The SMILES string of the molecule is Cc1cccnc1CC(Br)c1cccc(I)c1. The highest BCUT2D eigenvalue weighted by Crippen LogP contribution is 2.28. The van der Waals surface area contributed by atoms with Gasteiger partial charge in [-0.3, -0.25) is 4.98 Å². The molecule has 0 saturated carbocycles. The molecule has 0 N–H and O–H groups in total. The van der Waals surface area contributed by atoms with E-state index in [-0.39, 0.29) is 0 Å². The van der Waals surface area contributed by atoms with Crippen molar-refractivity contribution in [2.45, 2.75) is 18.2 Å². The number of aromatic nitrogens is 1. The topological polar surface area (TPSA) is 12.9 Å². The van der Waals surface area contributed by atoms with E-state index in [9.17, 15) is 0 Å². The number of nitrogens with zero attached hydrogens (tertiary/aromatic N) is 1. The summed E-state index contributed by atoms with van der Waals surface area (Å²) < 4.78 is 1.27. The highest BCUT2D eigenvalue weighted by molar-refractivity contribution is 14.1. The molecule has 0 bridgehead atoms. The molecule has 0 saturated heterocycles. The van der Waals surface area contributed by atoms with Crippen molar-refractivity contribution >= 4 is 38.5 Å². The second-order valence-electron chi connectivity index (χ2n) is 3.99. The molecule has 88 valence electrons. The lowest BCUT2D eigenvalue weighted by molar-refractivity contribution is 0.891. The van der Waals surface area contributed by atoms with Gasteiger partial charge >= 0.3 is 0 Å². The van der Waals surface area contributed by atoms with E-state index in [1.165, 1.54) is 14.7 Å². The molecule has 0 fully saturated rings. The summed E-state index contributed by atoms with van der Waals surface area (Å²) >= 11 is 6.09. The van der Waals surface area contributed by atoms with Crippen molar-refractivity contribution in [3.05, 3.63) is 63.0 Å². The number of pyridine rings is 1. The van der Waals surface area contributed by atoms with Gasteiger partial charge in [-0.15, -0.1) is 0 Å². The first-order valence-electron chi connectivity index (χ1n) is 5.47. The first-order chi connectivity index (χ1) is 8.16. The van der Waals surface area contributed by atoms with E-state index < -0.39 is 0 Å². The molecule has 0 spiro atoms. The van der Waals surface area contributed by atoms with Gasteiger partial charge in [-0.05, 0) is 58.8 Å². The van der Waals surface area contributed by atoms with E-state index >= 15 is 0 Å². The fourth-order valence-electron chi connectivity index (χ4n) is 1.72. The van der Waals surface area contributed by atoms with Gasteiger partial charge in [0.2, 0.25) is 0 Å². The summed E-state index contributed by atoms with van der Waals surface area (Å²) in [5.41, 5.74) is 3.72. The molecular formula is C14H13BrIN. The summed E-state index contributed by atoms with van der Waals surface area (Å²) in [6.45, 7) is 2.11. The van der Waals surface area contributed by atoms with Gasteiger partial charge in [0.15, 0.2) is 0 Å². The van der Waals surface area contributed by atoms with Crippen LogP contribution >= 0.6 is 38.5 Å². The van der Waals surface area contributed by atoms with Gasteiger partial charge < -0.3 is 0 Å². The van der Waals surface area contributed by atoms with Crippen LogP contribution in [0, 0.1) is 10.5 Å². The Morgan fingerprint density at radius 3 is 2.82 bits per heavy atom. The molecule has 0 amide bonds. The summed E-state index contributed by atoms with van der Waals surface area (Å²) in [5, 5.41) is 0. The van der Waals surface area contributed by atoms with Crippen LogP contribution in [-0.2, 0) is 6.42 Å². The smallest absolute Gasteiger partial charge is 0.0451 e. The van der Waals surface area contributed by atoms with Gasteiger partial charge in [-0.25, -0.2) is 0 Å². The Morgan fingerprint density at radius 1 is 1.29 bits per heavy atom. The quantitative estimate of drug-likeness (QED) is 0.537. The summed E-state index contributed by atoms with van der Waals surface area (Å²) in [4.78, 5) is 4.76. The number of hydrogen-bond acceptors (Lipinski definition) is 1. The van der Waals surface area contributed by atoms with Gasteiger partial charge in [-0.1, -0.05) is 34.1 Å². The first-order valence-corrected chi connectivity index (χ1v) is 7.46. The van der Waals surface area contributed by atoms with E-state index in [0.717, 1.165) is 12.1 Å². The van der Waals surface area contributed by atoms with E-state index in [2.05, 4.69) is 80.8 Å². The zero-order valence-corrected chi connectivity index (χ0v) is 13.3. The predicted molar refractivity (Wildman–Crippen MR) is 83.5 cm³/mol. The normalized spacial score (nSPS) is 12.4. The molecule has 0 radical (unpaired) electrons. The molecule has 1 nitrogen and oxygen atoms in total. The predicted octanol–water partition coefficient (Wildman–Crippen LogP) is 4.67. The van der Waals surface area contributed by atoms with Crippen LogP contribution in [-0.4, -0.2) is 4.98 Å². The fourth-order valence-corrected chi connectivity index (χ4v) is 2.88. The van der Waals surface area contributed by atoms with Crippen molar-refractivity contribution in [3.8, 4) is 0 Å². The van der Waals surface area contributed by atoms with Gasteiger partial charge in [-0.2, -0.15) is 0 Å². The van der Waals surface area contributed by atoms with Crippen LogP contribution < -0.4 is 0 Å². The minimum absolute atomic E-state index is 0.325. The second-order valence-corrected chi connectivity index (χ2v) is 6.34. The lowest BCUT2D eigenvalue weighted by Crippen LogP contribution is -2.00. The third kappa shape index (κ3) is 3.52. The van der Waals surface area contributed by atoms with Crippen molar-refractivity contribution in [2.24, 2.45) is 0 Å². The lowest BCUT2D eigenvalue weighted by Gasteiger charge is -2.11. The Morgan fingerprint density at radius 2 is 2.12 bits per heavy atom. The highest BCUT2D eigenvalue weighted by atomic mass is 127. The number of hydrogen-bond donors (Lipinski definition) is 0. The third-order valence-corrected chi connectivity index (χ3v) is 4.22.